The summed E-state index contributed by atoms with van der Waals surface area (Å²) >= 11 is 0. The van der Waals surface area contributed by atoms with Gasteiger partial charge in [-0.05, 0) is 25.1 Å². The molecule has 0 aliphatic rings. The molecule has 0 saturated heterocycles. The quantitative estimate of drug-likeness (QED) is 0.555. The monoisotopic (exact) mass is 327 g/mol. The molecule has 124 valence electrons. The van der Waals surface area contributed by atoms with Gasteiger partial charge in [-0.3, -0.25) is 10.1 Å². The number of nitrogens with zero attached hydrogens (tertiary/aromatic N) is 3. The van der Waals surface area contributed by atoms with E-state index in [-0.39, 0.29) is 12.3 Å². The standard InChI is InChI=1S/C17H17N3O4/c1-12-18-16-7-2-3-8-17(16)19(12)10-14(21)11-24-15-6-4-5-13(9-15)20(22)23/h2-9,14,21H,10-11H2,1H3. The van der Waals surface area contributed by atoms with Gasteiger partial charge in [0.15, 0.2) is 0 Å². The van der Waals surface area contributed by atoms with Crippen molar-refractivity contribution in [2.24, 2.45) is 0 Å². The first-order chi connectivity index (χ1) is 11.5. The molecule has 1 aromatic heterocycles. The third-order valence-electron chi connectivity index (χ3n) is 3.71. The molecule has 2 aromatic carbocycles. The van der Waals surface area contributed by atoms with Crippen LogP contribution < -0.4 is 4.74 Å². The van der Waals surface area contributed by atoms with Gasteiger partial charge in [-0.2, -0.15) is 0 Å². The third kappa shape index (κ3) is 3.36. The van der Waals surface area contributed by atoms with E-state index >= 15 is 0 Å². The van der Waals surface area contributed by atoms with Crippen LogP contribution in [0.25, 0.3) is 11.0 Å². The molecule has 0 radical (unpaired) electrons. The smallest absolute Gasteiger partial charge is 0.273 e. The van der Waals surface area contributed by atoms with Crippen LogP contribution in [0.3, 0.4) is 0 Å². The van der Waals surface area contributed by atoms with Gasteiger partial charge in [-0.15, -0.1) is 0 Å². The summed E-state index contributed by atoms with van der Waals surface area (Å²) in [5.74, 6) is 1.17. The third-order valence-corrected chi connectivity index (χ3v) is 3.71. The number of aliphatic hydroxyl groups excluding tert-OH is 1. The van der Waals surface area contributed by atoms with Gasteiger partial charge >= 0.3 is 0 Å². The second-order valence-electron chi connectivity index (χ2n) is 5.48. The van der Waals surface area contributed by atoms with Crippen molar-refractivity contribution >= 4 is 16.7 Å². The van der Waals surface area contributed by atoms with Crippen molar-refractivity contribution in [3.8, 4) is 5.75 Å². The second kappa shape index (κ2) is 6.67. The molecular weight excluding hydrogens is 310 g/mol. The molecule has 1 N–H and O–H groups in total. The van der Waals surface area contributed by atoms with Crippen molar-refractivity contribution in [3.05, 3.63) is 64.5 Å². The van der Waals surface area contributed by atoms with Crippen LogP contribution in [0.4, 0.5) is 5.69 Å². The van der Waals surface area contributed by atoms with Crippen molar-refractivity contribution < 1.29 is 14.8 Å². The summed E-state index contributed by atoms with van der Waals surface area (Å²) in [6.45, 7) is 2.25. The second-order valence-corrected chi connectivity index (χ2v) is 5.48. The number of aryl methyl sites for hydroxylation is 1. The molecule has 7 heteroatoms. The number of nitro benzene ring substituents is 1. The number of fused-ring (bicyclic) bond motifs is 1. The number of nitro groups is 1. The minimum atomic E-state index is -0.763. The van der Waals surface area contributed by atoms with E-state index in [1.54, 1.807) is 12.1 Å². The maximum atomic E-state index is 10.8. The molecule has 1 heterocycles. The lowest BCUT2D eigenvalue weighted by atomic mass is 10.3. The van der Waals surface area contributed by atoms with Crippen LogP contribution in [-0.4, -0.2) is 32.3 Å². The topological polar surface area (TPSA) is 90.4 Å². The fourth-order valence-electron chi connectivity index (χ4n) is 2.57. The zero-order valence-corrected chi connectivity index (χ0v) is 13.1. The van der Waals surface area contributed by atoms with Gasteiger partial charge in [-0.25, -0.2) is 4.98 Å². The van der Waals surface area contributed by atoms with Crippen molar-refractivity contribution in [1.29, 1.82) is 0 Å². The molecule has 0 bridgehead atoms. The normalized spacial score (nSPS) is 12.2. The molecule has 0 saturated carbocycles. The number of hydrogen-bond donors (Lipinski definition) is 1. The van der Waals surface area contributed by atoms with Crippen molar-refractivity contribution in [1.82, 2.24) is 9.55 Å². The highest BCUT2D eigenvalue weighted by molar-refractivity contribution is 5.75. The van der Waals surface area contributed by atoms with E-state index in [1.165, 1.54) is 12.1 Å². The molecule has 24 heavy (non-hydrogen) atoms. The minimum Gasteiger partial charge on any atom is -0.491 e. The van der Waals surface area contributed by atoms with Crippen molar-refractivity contribution in [2.45, 2.75) is 19.6 Å². The number of para-hydroxylation sites is 2. The predicted octanol–water partition coefficient (Wildman–Crippen LogP) is 2.69. The molecule has 0 spiro atoms. The number of aromatic nitrogens is 2. The van der Waals surface area contributed by atoms with Crippen molar-refractivity contribution in [2.75, 3.05) is 6.61 Å². The maximum Gasteiger partial charge on any atom is 0.273 e. The van der Waals surface area contributed by atoms with Crippen LogP contribution in [0.1, 0.15) is 5.82 Å². The van der Waals surface area contributed by atoms with Gasteiger partial charge in [0, 0.05) is 6.07 Å². The summed E-state index contributed by atoms with van der Waals surface area (Å²) in [4.78, 5) is 14.7. The van der Waals surface area contributed by atoms with Crippen molar-refractivity contribution in [3.63, 3.8) is 0 Å². The van der Waals surface area contributed by atoms with E-state index in [1.807, 2.05) is 35.8 Å². The van der Waals surface area contributed by atoms with E-state index < -0.39 is 11.0 Å². The zero-order chi connectivity index (χ0) is 17.1. The van der Waals surface area contributed by atoms with Gasteiger partial charge in [0.2, 0.25) is 0 Å². The number of aliphatic hydroxyl groups is 1. The Kier molecular flexibility index (Phi) is 4.43. The molecule has 7 nitrogen and oxygen atoms in total. The molecule has 0 aliphatic carbocycles. The minimum absolute atomic E-state index is 0.0348. The lowest BCUT2D eigenvalue weighted by Crippen LogP contribution is -2.24. The van der Waals surface area contributed by atoms with Gasteiger partial charge in [0.05, 0.1) is 28.6 Å². The Morgan fingerprint density at radius 1 is 1.29 bits per heavy atom. The molecular formula is C17H17N3O4. The fourth-order valence-corrected chi connectivity index (χ4v) is 2.57. The van der Waals surface area contributed by atoms with Crippen LogP contribution in [0.15, 0.2) is 48.5 Å². The average molecular weight is 327 g/mol. The number of hydrogen-bond acceptors (Lipinski definition) is 5. The zero-order valence-electron chi connectivity index (χ0n) is 13.1. The number of imidazole rings is 1. The first-order valence-corrected chi connectivity index (χ1v) is 7.52. The van der Waals surface area contributed by atoms with Gasteiger partial charge in [-0.1, -0.05) is 18.2 Å². The number of benzene rings is 2. The largest absolute Gasteiger partial charge is 0.491 e. The Balaban J connectivity index is 1.67. The first kappa shape index (κ1) is 15.9. The van der Waals surface area contributed by atoms with Crippen LogP contribution in [0, 0.1) is 17.0 Å². The summed E-state index contributed by atoms with van der Waals surface area (Å²) in [6, 6.07) is 13.6. The summed E-state index contributed by atoms with van der Waals surface area (Å²) < 4.78 is 7.40. The van der Waals surface area contributed by atoms with E-state index in [0.29, 0.717) is 12.3 Å². The number of ether oxygens (including phenoxy) is 1. The van der Waals surface area contributed by atoms with Crippen LogP contribution in [-0.2, 0) is 6.54 Å². The first-order valence-electron chi connectivity index (χ1n) is 7.52. The number of non-ortho nitro benzene ring substituents is 1. The molecule has 1 unspecified atom stereocenters. The van der Waals surface area contributed by atoms with Gasteiger partial charge in [0.1, 0.15) is 24.3 Å². The lowest BCUT2D eigenvalue weighted by Gasteiger charge is -2.14. The summed E-state index contributed by atoms with van der Waals surface area (Å²) in [7, 11) is 0. The fraction of sp³-hybridized carbons (Fsp3) is 0.235. The van der Waals surface area contributed by atoms with Crippen LogP contribution >= 0.6 is 0 Å². The van der Waals surface area contributed by atoms with E-state index in [0.717, 1.165) is 16.9 Å². The molecule has 0 amide bonds. The number of rotatable bonds is 6. The Morgan fingerprint density at radius 2 is 2.08 bits per heavy atom. The van der Waals surface area contributed by atoms with E-state index in [2.05, 4.69) is 4.98 Å². The average Bonchev–Trinajstić information content (AvgIpc) is 2.89. The van der Waals surface area contributed by atoms with E-state index in [4.69, 9.17) is 4.74 Å². The summed E-state index contributed by atoms with van der Waals surface area (Å²) in [5.41, 5.74) is 1.78. The molecule has 3 aromatic rings. The molecule has 3 rings (SSSR count). The van der Waals surface area contributed by atoms with Crippen LogP contribution in [0.5, 0.6) is 5.75 Å². The van der Waals surface area contributed by atoms with Crippen LogP contribution in [0.2, 0.25) is 0 Å². The SMILES string of the molecule is Cc1nc2ccccc2n1CC(O)COc1cccc([N+](=O)[O-])c1. The van der Waals surface area contributed by atoms with Gasteiger partial charge in [0.25, 0.3) is 5.69 Å². The highest BCUT2D eigenvalue weighted by Crippen LogP contribution is 2.20. The highest BCUT2D eigenvalue weighted by atomic mass is 16.6. The molecule has 0 fully saturated rings. The molecule has 0 aliphatic heterocycles. The Labute approximate surface area is 138 Å². The summed E-state index contributed by atoms with van der Waals surface area (Å²) in [5, 5.41) is 21.0. The maximum absolute atomic E-state index is 10.8. The lowest BCUT2D eigenvalue weighted by molar-refractivity contribution is -0.384. The van der Waals surface area contributed by atoms with Gasteiger partial charge < -0.3 is 14.4 Å². The molecule has 1 atom stereocenters. The Morgan fingerprint density at radius 3 is 2.88 bits per heavy atom. The summed E-state index contributed by atoms with van der Waals surface area (Å²) in [6.07, 6.45) is -0.763. The van der Waals surface area contributed by atoms with E-state index in [9.17, 15) is 15.2 Å². The Hall–Kier alpha value is -2.93. The Bertz CT molecular complexity index is 875. The highest BCUT2D eigenvalue weighted by Gasteiger charge is 2.13. The predicted molar refractivity (Wildman–Crippen MR) is 89.1 cm³/mol.